The highest BCUT2D eigenvalue weighted by atomic mass is 31.0. The van der Waals surface area contributed by atoms with Gasteiger partial charge in [0, 0.05) is 12.1 Å². The van der Waals surface area contributed by atoms with Crippen LogP contribution in [0.4, 0.5) is 0 Å². The molecule has 1 rings (SSSR count). The summed E-state index contributed by atoms with van der Waals surface area (Å²) in [5, 5.41) is 3.21. The molecule has 0 radical (unpaired) electrons. The lowest BCUT2D eigenvalue weighted by Crippen LogP contribution is -2.41. The second kappa shape index (κ2) is 5.08. The second-order valence-corrected chi connectivity index (χ2v) is 3.76. The largest absolute Gasteiger partial charge is 0.326 e. The molecule has 1 aliphatic rings. The maximum absolute atomic E-state index is 5.98. The summed E-state index contributed by atoms with van der Waals surface area (Å²) in [5.74, 6) is 0. The van der Waals surface area contributed by atoms with Crippen molar-refractivity contribution in [3.05, 3.63) is 0 Å². The molecule has 0 aromatic rings. The van der Waals surface area contributed by atoms with E-state index in [1.165, 1.54) is 38.5 Å². The van der Waals surface area contributed by atoms with E-state index < -0.39 is 0 Å². The Balaban J connectivity index is 2.33. The van der Waals surface area contributed by atoms with Crippen LogP contribution in [0.15, 0.2) is 0 Å². The topological polar surface area (TPSA) is 38.0 Å². The molecular weight excluding hydrogens is 155 g/mol. The van der Waals surface area contributed by atoms with Crippen LogP contribution in [0.5, 0.6) is 0 Å². The van der Waals surface area contributed by atoms with Crippen molar-refractivity contribution in [2.75, 3.05) is 0 Å². The molecule has 0 aliphatic heterocycles. The van der Waals surface area contributed by atoms with Gasteiger partial charge in [0.2, 0.25) is 0 Å². The Hall–Kier alpha value is 0.350. The molecule has 0 aromatic heterocycles. The van der Waals surface area contributed by atoms with Gasteiger partial charge in [-0.05, 0) is 12.8 Å². The van der Waals surface area contributed by atoms with Crippen molar-refractivity contribution in [1.29, 1.82) is 0 Å². The van der Waals surface area contributed by atoms with E-state index in [0.717, 1.165) is 0 Å². The highest BCUT2D eigenvalue weighted by Crippen LogP contribution is 2.16. The summed E-state index contributed by atoms with van der Waals surface area (Å²) in [6.45, 7) is 0. The van der Waals surface area contributed by atoms with Crippen LogP contribution in [0.3, 0.4) is 0 Å². The summed E-state index contributed by atoms with van der Waals surface area (Å²) in [7, 11) is 2.58. The summed E-state index contributed by atoms with van der Waals surface area (Å²) < 4.78 is 0. The average Bonchev–Trinajstić information content (AvgIpc) is 1.98. The van der Waals surface area contributed by atoms with Gasteiger partial charge in [0.15, 0.2) is 0 Å². The Kier molecular flexibility index (Phi) is 4.36. The van der Waals surface area contributed by atoms with Gasteiger partial charge in [-0.3, -0.25) is 5.09 Å². The third-order valence-corrected chi connectivity index (χ3v) is 2.96. The van der Waals surface area contributed by atoms with Crippen LogP contribution in [-0.2, 0) is 0 Å². The van der Waals surface area contributed by atoms with Crippen LogP contribution in [0.25, 0.3) is 0 Å². The Morgan fingerprint density at radius 3 is 2.36 bits per heavy atom. The summed E-state index contributed by atoms with van der Waals surface area (Å²) in [6.07, 6.45) is 7.83. The molecule has 3 N–H and O–H groups in total. The molecule has 0 amide bonds. The maximum atomic E-state index is 5.98. The van der Waals surface area contributed by atoms with Gasteiger partial charge < -0.3 is 5.73 Å². The van der Waals surface area contributed by atoms with Gasteiger partial charge in [-0.15, -0.1) is 0 Å². The molecule has 0 saturated heterocycles. The zero-order valence-corrected chi connectivity index (χ0v) is 8.21. The molecule has 3 unspecified atom stereocenters. The fourth-order valence-electron chi connectivity index (χ4n) is 1.72. The SMILES string of the molecule is NC1CCCCCCC1NP. The van der Waals surface area contributed by atoms with Crippen LogP contribution in [0.2, 0.25) is 0 Å². The standard InChI is InChI=1S/C8H19N2P/c9-7-5-3-1-2-4-6-8(7)10-11/h7-8,10H,1-6,9,11H2. The first-order valence-corrected chi connectivity index (χ1v) is 5.14. The lowest BCUT2D eigenvalue weighted by molar-refractivity contribution is 0.388. The number of hydrogen-bond acceptors (Lipinski definition) is 2. The van der Waals surface area contributed by atoms with E-state index in [0.29, 0.717) is 12.1 Å². The van der Waals surface area contributed by atoms with E-state index in [1.807, 2.05) is 0 Å². The molecule has 11 heavy (non-hydrogen) atoms. The second-order valence-electron chi connectivity index (χ2n) is 3.43. The molecule has 66 valence electrons. The van der Waals surface area contributed by atoms with Crippen molar-refractivity contribution < 1.29 is 0 Å². The quantitative estimate of drug-likeness (QED) is 0.590. The Labute approximate surface area is 71.6 Å². The monoisotopic (exact) mass is 174 g/mol. The maximum Gasteiger partial charge on any atom is 0.0250 e. The van der Waals surface area contributed by atoms with Crippen LogP contribution >= 0.6 is 9.39 Å². The van der Waals surface area contributed by atoms with Gasteiger partial charge in [-0.2, -0.15) is 0 Å². The predicted molar refractivity (Wildman–Crippen MR) is 52.3 cm³/mol. The van der Waals surface area contributed by atoms with Crippen molar-refractivity contribution in [2.45, 2.75) is 50.6 Å². The van der Waals surface area contributed by atoms with E-state index in [-0.39, 0.29) is 0 Å². The number of hydrogen-bond donors (Lipinski definition) is 2. The first-order valence-electron chi connectivity index (χ1n) is 4.56. The molecule has 3 heteroatoms. The molecule has 1 fully saturated rings. The lowest BCUT2D eigenvalue weighted by atomic mass is 9.94. The molecule has 2 nitrogen and oxygen atoms in total. The smallest absolute Gasteiger partial charge is 0.0250 e. The summed E-state index contributed by atoms with van der Waals surface area (Å²) in [5.41, 5.74) is 5.98. The van der Waals surface area contributed by atoms with E-state index in [4.69, 9.17) is 5.73 Å². The summed E-state index contributed by atoms with van der Waals surface area (Å²) in [6, 6.07) is 0.896. The molecule has 3 atom stereocenters. The Morgan fingerprint density at radius 1 is 1.09 bits per heavy atom. The minimum Gasteiger partial charge on any atom is -0.326 e. The highest BCUT2D eigenvalue weighted by Gasteiger charge is 2.16. The fourth-order valence-corrected chi connectivity index (χ4v) is 2.13. The first-order chi connectivity index (χ1) is 5.34. The number of rotatable bonds is 1. The third-order valence-electron chi connectivity index (χ3n) is 2.53. The first kappa shape index (κ1) is 9.44. The van der Waals surface area contributed by atoms with Gasteiger partial charge in [-0.25, -0.2) is 0 Å². The minimum absolute atomic E-state index is 0.368. The van der Waals surface area contributed by atoms with Crippen LogP contribution < -0.4 is 10.8 Å². The molecule has 0 heterocycles. The van der Waals surface area contributed by atoms with E-state index in [1.54, 1.807) is 0 Å². The molecule has 0 bridgehead atoms. The lowest BCUT2D eigenvalue weighted by Gasteiger charge is -2.25. The zero-order chi connectivity index (χ0) is 8.10. The van der Waals surface area contributed by atoms with Crippen LogP contribution in [-0.4, -0.2) is 12.1 Å². The highest BCUT2D eigenvalue weighted by molar-refractivity contribution is 7.13. The van der Waals surface area contributed by atoms with Crippen molar-refractivity contribution in [1.82, 2.24) is 5.09 Å². The molecule has 1 aliphatic carbocycles. The summed E-state index contributed by atoms with van der Waals surface area (Å²) >= 11 is 0. The van der Waals surface area contributed by atoms with Gasteiger partial charge in [0.25, 0.3) is 0 Å². The fraction of sp³-hybridized carbons (Fsp3) is 1.00. The van der Waals surface area contributed by atoms with Crippen molar-refractivity contribution in [3.8, 4) is 0 Å². The Morgan fingerprint density at radius 2 is 1.73 bits per heavy atom. The molecule has 0 aromatic carbocycles. The van der Waals surface area contributed by atoms with Gasteiger partial charge in [0.05, 0.1) is 0 Å². The number of nitrogens with one attached hydrogen (secondary N) is 1. The normalized spacial score (nSPS) is 34.4. The van der Waals surface area contributed by atoms with Crippen LogP contribution in [0.1, 0.15) is 38.5 Å². The third kappa shape index (κ3) is 3.06. The predicted octanol–water partition coefficient (Wildman–Crippen LogP) is 1.42. The summed E-state index contributed by atoms with van der Waals surface area (Å²) in [4.78, 5) is 0. The van der Waals surface area contributed by atoms with E-state index >= 15 is 0 Å². The van der Waals surface area contributed by atoms with Gasteiger partial charge in [0.1, 0.15) is 0 Å². The molecule has 0 spiro atoms. The average molecular weight is 174 g/mol. The minimum atomic E-state index is 0.368. The van der Waals surface area contributed by atoms with Gasteiger partial charge >= 0.3 is 0 Å². The zero-order valence-electron chi connectivity index (χ0n) is 7.05. The van der Waals surface area contributed by atoms with Crippen molar-refractivity contribution in [2.24, 2.45) is 5.73 Å². The van der Waals surface area contributed by atoms with E-state index in [9.17, 15) is 0 Å². The molecular formula is C8H19N2P. The van der Waals surface area contributed by atoms with Crippen molar-refractivity contribution in [3.63, 3.8) is 0 Å². The van der Waals surface area contributed by atoms with E-state index in [2.05, 4.69) is 14.5 Å². The van der Waals surface area contributed by atoms with Crippen LogP contribution in [0, 0.1) is 0 Å². The Bertz CT molecular complexity index is 108. The van der Waals surface area contributed by atoms with Gasteiger partial charge in [-0.1, -0.05) is 35.1 Å². The molecule has 1 saturated carbocycles. The number of nitrogens with two attached hydrogens (primary N) is 1. The van der Waals surface area contributed by atoms with Crippen molar-refractivity contribution >= 4 is 9.39 Å².